The lowest BCUT2D eigenvalue weighted by atomic mass is 10.0. The number of hydrogen-bond donors (Lipinski definition) is 3. The number of hydrogen-bond acceptors (Lipinski definition) is 4. The topological polar surface area (TPSA) is 86.6 Å². The van der Waals surface area contributed by atoms with Gasteiger partial charge >= 0.3 is 5.97 Å². The van der Waals surface area contributed by atoms with Gasteiger partial charge in [-0.1, -0.05) is 36.4 Å². The first-order valence-electron chi connectivity index (χ1n) is 9.32. The summed E-state index contributed by atoms with van der Waals surface area (Å²) >= 11 is 0. The Morgan fingerprint density at radius 1 is 0.931 bits per heavy atom. The summed E-state index contributed by atoms with van der Waals surface area (Å²) in [5, 5.41) is 22.6. The van der Waals surface area contributed by atoms with Crippen LogP contribution in [0.15, 0.2) is 60.7 Å². The molecule has 148 valence electrons. The highest BCUT2D eigenvalue weighted by atomic mass is 16.4. The number of carboxylic acid groups (broad SMARTS) is 1. The van der Waals surface area contributed by atoms with Gasteiger partial charge in [-0.25, -0.2) is 4.79 Å². The van der Waals surface area contributed by atoms with Crippen molar-refractivity contribution < 1.29 is 19.8 Å². The molecule has 0 aliphatic carbocycles. The molecular weight excluding hydrogens is 366 g/mol. The molecule has 3 N–H and O–H groups in total. The minimum atomic E-state index is -0.925. The van der Waals surface area contributed by atoms with E-state index in [1.165, 1.54) is 6.92 Å². The molecule has 3 rings (SSSR count). The fraction of sp³-hybridized carbons (Fsp3) is 0.167. The van der Waals surface area contributed by atoms with Crippen LogP contribution in [0.2, 0.25) is 0 Å². The molecule has 0 unspecified atom stereocenters. The smallest absolute Gasteiger partial charge is 0.335 e. The summed E-state index contributed by atoms with van der Waals surface area (Å²) in [7, 11) is 0. The second-order valence-corrected chi connectivity index (χ2v) is 7.04. The molecule has 0 saturated heterocycles. The molecule has 3 aromatic rings. The first-order chi connectivity index (χ1) is 13.8. The van der Waals surface area contributed by atoms with E-state index < -0.39 is 5.97 Å². The maximum absolute atomic E-state index is 11.5. The highest BCUT2D eigenvalue weighted by molar-refractivity contribution is 5.97. The van der Waals surface area contributed by atoms with Crippen LogP contribution >= 0.6 is 0 Å². The van der Waals surface area contributed by atoms with Gasteiger partial charge in [0.1, 0.15) is 5.75 Å². The number of anilines is 1. The molecule has 0 saturated carbocycles. The van der Waals surface area contributed by atoms with Gasteiger partial charge in [-0.15, -0.1) is 0 Å². The number of ketones is 1. The third-order valence-electron chi connectivity index (χ3n) is 4.90. The van der Waals surface area contributed by atoms with Crippen molar-refractivity contribution in [1.82, 2.24) is 0 Å². The van der Waals surface area contributed by atoms with E-state index in [0.717, 1.165) is 22.4 Å². The van der Waals surface area contributed by atoms with Gasteiger partial charge in [0.15, 0.2) is 5.78 Å². The van der Waals surface area contributed by atoms with Gasteiger partial charge in [-0.2, -0.15) is 0 Å². The lowest BCUT2D eigenvalue weighted by Gasteiger charge is -2.13. The van der Waals surface area contributed by atoms with E-state index >= 15 is 0 Å². The van der Waals surface area contributed by atoms with Crippen molar-refractivity contribution in [3.05, 3.63) is 94.0 Å². The zero-order valence-electron chi connectivity index (χ0n) is 16.4. The molecule has 0 aliphatic rings. The summed E-state index contributed by atoms with van der Waals surface area (Å²) < 4.78 is 0. The molecule has 5 heteroatoms. The van der Waals surface area contributed by atoms with Gasteiger partial charge in [0.05, 0.1) is 11.1 Å². The van der Waals surface area contributed by atoms with E-state index in [1.54, 1.807) is 37.3 Å². The Morgan fingerprint density at radius 3 is 2.28 bits per heavy atom. The van der Waals surface area contributed by atoms with Crippen LogP contribution in [0, 0.1) is 6.92 Å². The molecule has 5 nitrogen and oxygen atoms in total. The van der Waals surface area contributed by atoms with E-state index in [0.29, 0.717) is 24.1 Å². The minimum absolute atomic E-state index is 0.0152. The Hall–Kier alpha value is -3.60. The number of aromatic hydroxyl groups is 1. The Bertz CT molecular complexity index is 1050. The average molecular weight is 389 g/mol. The SMILES string of the molecule is CC(=O)c1ccc(NCc2ccc(Cc3cccc(C(=O)O)c3)cc2)c(C)c1O. The molecule has 3 aromatic carbocycles. The lowest BCUT2D eigenvalue weighted by Crippen LogP contribution is -2.03. The maximum atomic E-state index is 11.5. The van der Waals surface area contributed by atoms with E-state index in [-0.39, 0.29) is 17.1 Å². The van der Waals surface area contributed by atoms with Crippen molar-refractivity contribution in [3.8, 4) is 5.75 Å². The second kappa shape index (κ2) is 8.61. The number of nitrogens with one attached hydrogen (secondary N) is 1. The van der Waals surface area contributed by atoms with Gasteiger partial charge in [-0.05, 0) is 61.2 Å². The standard InChI is InChI=1S/C24H23NO4/c1-15-22(11-10-21(16(2)26)23(15)27)25-14-18-8-6-17(7-9-18)12-19-4-3-5-20(13-19)24(28)29/h3-11,13,25,27H,12,14H2,1-2H3,(H,28,29). The highest BCUT2D eigenvalue weighted by Crippen LogP contribution is 2.29. The number of phenols is 1. The molecule has 0 aromatic heterocycles. The Balaban J connectivity index is 1.66. The summed E-state index contributed by atoms with van der Waals surface area (Å²) in [6, 6.07) is 18.5. The predicted molar refractivity (Wildman–Crippen MR) is 113 cm³/mol. The van der Waals surface area contributed by atoms with Gasteiger partial charge in [0.25, 0.3) is 0 Å². The van der Waals surface area contributed by atoms with Crippen LogP contribution in [0.1, 0.15) is 49.9 Å². The predicted octanol–water partition coefficient (Wildman–Crippen LogP) is 4.80. The third-order valence-corrected chi connectivity index (χ3v) is 4.90. The first-order valence-corrected chi connectivity index (χ1v) is 9.32. The van der Waals surface area contributed by atoms with E-state index in [2.05, 4.69) is 5.32 Å². The monoisotopic (exact) mass is 389 g/mol. The van der Waals surface area contributed by atoms with E-state index in [1.807, 2.05) is 30.3 Å². The number of Topliss-reactive ketones (excluding diaryl/α,β-unsaturated/α-hetero) is 1. The van der Waals surface area contributed by atoms with Crippen LogP contribution in [0.5, 0.6) is 5.75 Å². The van der Waals surface area contributed by atoms with Crippen LogP contribution in [0.4, 0.5) is 5.69 Å². The van der Waals surface area contributed by atoms with Gasteiger partial charge in [-0.3, -0.25) is 4.79 Å². The zero-order chi connectivity index (χ0) is 21.0. The Morgan fingerprint density at radius 2 is 1.62 bits per heavy atom. The summed E-state index contributed by atoms with van der Waals surface area (Å²) in [4.78, 5) is 22.6. The second-order valence-electron chi connectivity index (χ2n) is 7.04. The molecule has 0 atom stereocenters. The zero-order valence-corrected chi connectivity index (χ0v) is 16.4. The fourth-order valence-electron chi connectivity index (χ4n) is 3.20. The molecule has 29 heavy (non-hydrogen) atoms. The molecule has 0 fully saturated rings. The summed E-state index contributed by atoms with van der Waals surface area (Å²) in [6.07, 6.45) is 0.661. The molecule has 0 amide bonds. The van der Waals surface area contributed by atoms with Crippen LogP contribution in [-0.2, 0) is 13.0 Å². The molecule has 0 bridgehead atoms. The minimum Gasteiger partial charge on any atom is -0.507 e. The number of rotatable bonds is 7. The number of phenolic OH excluding ortho intramolecular Hbond substituents is 1. The number of benzene rings is 3. The van der Waals surface area contributed by atoms with Crippen molar-refractivity contribution in [2.24, 2.45) is 0 Å². The quantitative estimate of drug-likeness (QED) is 0.505. The lowest BCUT2D eigenvalue weighted by molar-refractivity contribution is 0.0696. The Kier molecular flexibility index (Phi) is 5.98. The van der Waals surface area contributed by atoms with Crippen molar-refractivity contribution in [2.75, 3.05) is 5.32 Å². The van der Waals surface area contributed by atoms with Crippen LogP contribution in [-0.4, -0.2) is 22.0 Å². The fourth-order valence-corrected chi connectivity index (χ4v) is 3.20. The number of carboxylic acids is 1. The number of carbonyl (C=O) groups is 2. The number of carbonyl (C=O) groups excluding carboxylic acids is 1. The van der Waals surface area contributed by atoms with Crippen LogP contribution in [0.25, 0.3) is 0 Å². The summed E-state index contributed by atoms with van der Waals surface area (Å²) in [6.45, 7) is 3.79. The highest BCUT2D eigenvalue weighted by Gasteiger charge is 2.12. The number of aromatic carboxylic acids is 1. The summed E-state index contributed by atoms with van der Waals surface area (Å²) in [5.74, 6) is -1.07. The van der Waals surface area contributed by atoms with E-state index in [4.69, 9.17) is 5.11 Å². The maximum Gasteiger partial charge on any atom is 0.335 e. The van der Waals surface area contributed by atoms with Crippen molar-refractivity contribution in [1.29, 1.82) is 0 Å². The van der Waals surface area contributed by atoms with Gasteiger partial charge in [0, 0.05) is 17.8 Å². The van der Waals surface area contributed by atoms with E-state index in [9.17, 15) is 14.7 Å². The van der Waals surface area contributed by atoms with Gasteiger partial charge in [0.2, 0.25) is 0 Å². The molecule has 0 heterocycles. The molecule has 0 radical (unpaired) electrons. The third kappa shape index (κ3) is 4.82. The van der Waals surface area contributed by atoms with Gasteiger partial charge < -0.3 is 15.5 Å². The van der Waals surface area contributed by atoms with Crippen LogP contribution < -0.4 is 5.32 Å². The van der Waals surface area contributed by atoms with Crippen molar-refractivity contribution >= 4 is 17.4 Å². The normalized spacial score (nSPS) is 10.6. The van der Waals surface area contributed by atoms with Crippen molar-refractivity contribution in [2.45, 2.75) is 26.8 Å². The first kappa shape index (κ1) is 20.1. The molecule has 0 spiro atoms. The largest absolute Gasteiger partial charge is 0.507 e. The summed E-state index contributed by atoms with van der Waals surface area (Å²) in [5.41, 5.74) is 5.16. The van der Waals surface area contributed by atoms with Crippen LogP contribution in [0.3, 0.4) is 0 Å². The average Bonchev–Trinajstić information content (AvgIpc) is 2.70. The Labute approximate surface area is 169 Å². The van der Waals surface area contributed by atoms with Crippen molar-refractivity contribution in [3.63, 3.8) is 0 Å². The molecular formula is C24H23NO4. The molecule has 0 aliphatic heterocycles.